The molecule has 1 aliphatic rings. The first-order valence-electron chi connectivity index (χ1n) is 10.7. The second kappa shape index (κ2) is 9.09. The second-order valence-corrected chi connectivity index (χ2v) is 8.97. The molecule has 0 radical (unpaired) electrons. The summed E-state index contributed by atoms with van der Waals surface area (Å²) in [5, 5.41) is 2.27. The quantitative estimate of drug-likeness (QED) is 0.549. The summed E-state index contributed by atoms with van der Waals surface area (Å²) < 4.78 is 12.1. The fraction of sp³-hybridized carbons (Fsp3) is 0.560. The summed E-state index contributed by atoms with van der Waals surface area (Å²) in [4.78, 5) is 13.0. The van der Waals surface area contributed by atoms with Gasteiger partial charge >= 0.3 is 5.97 Å². The summed E-state index contributed by atoms with van der Waals surface area (Å²) in [5.41, 5.74) is 0.880. The molecule has 0 amide bonds. The third-order valence-electron chi connectivity index (χ3n) is 5.91. The topological polar surface area (TPSA) is 35.5 Å². The lowest BCUT2D eigenvalue weighted by Crippen LogP contribution is -2.37. The van der Waals surface area contributed by atoms with Gasteiger partial charge in [0.15, 0.2) is 6.10 Å². The number of esters is 1. The minimum Gasteiger partial charge on any atom is -0.461 e. The molecule has 0 bridgehead atoms. The van der Waals surface area contributed by atoms with Gasteiger partial charge in [-0.25, -0.2) is 4.79 Å². The smallest absolute Gasteiger partial charge is 0.340 e. The van der Waals surface area contributed by atoms with Gasteiger partial charge in [0.2, 0.25) is 0 Å². The Hall–Kier alpha value is -1.87. The highest BCUT2D eigenvalue weighted by Crippen LogP contribution is 2.38. The van der Waals surface area contributed by atoms with Gasteiger partial charge in [-0.05, 0) is 66.8 Å². The van der Waals surface area contributed by atoms with E-state index in [4.69, 9.17) is 9.47 Å². The first-order chi connectivity index (χ1) is 13.3. The molecule has 28 heavy (non-hydrogen) atoms. The van der Waals surface area contributed by atoms with Gasteiger partial charge in [0, 0.05) is 0 Å². The maximum absolute atomic E-state index is 13.0. The van der Waals surface area contributed by atoms with E-state index < -0.39 is 6.10 Å². The molecule has 0 heterocycles. The van der Waals surface area contributed by atoms with Crippen molar-refractivity contribution in [3.05, 3.63) is 48.0 Å². The first-order valence-corrected chi connectivity index (χ1v) is 10.7. The summed E-state index contributed by atoms with van der Waals surface area (Å²) in [6, 6.07) is 14.3. The molecule has 1 fully saturated rings. The van der Waals surface area contributed by atoms with Gasteiger partial charge in [-0.3, -0.25) is 0 Å². The lowest BCUT2D eigenvalue weighted by atomic mass is 9.75. The molecule has 0 spiro atoms. The van der Waals surface area contributed by atoms with Crippen molar-refractivity contribution in [1.29, 1.82) is 0 Å². The molecular formula is C25H34O3. The van der Waals surface area contributed by atoms with Gasteiger partial charge in [-0.15, -0.1) is 0 Å². The molecule has 152 valence electrons. The van der Waals surface area contributed by atoms with Crippen LogP contribution in [0, 0.1) is 17.8 Å². The number of hydrogen-bond donors (Lipinski definition) is 0. The van der Waals surface area contributed by atoms with Gasteiger partial charge in [0.25, 0.3) is 0 Å². The summed E-state index contributed by atoms with van der Waals surface area (Å²) in [5.74, 6) is 1.35. The molecule has 4 atom stereocenters. The Morgan fingerprint density at radius 2 is 1.71 bits per heavy atom. The zero-order valence-electron chi connectivity index (χ0n) is 17.9. The first kappa shape index (κ1) is 20.9. The standard InChI is InChI=1S/C25H34O3/c1-16(2)22-13-10-18(5)14-23(22)28-24(25(26)27-17(3)4)21-12-11-19-8-6-7-9-20(19)15-21/h6-9,11-12,15-18,22-24H,10,13-14H2,1-5H3/t18-,22+,23-,24+/m1/s1. The molecule has 3 rings (SSSR count). The van der Waals surface area contributed by atoms with Crippen LogP contribution in [-0.2, 0) is 14.3 Å². The Kier molecular flexibility index (Phi) is 6.77. The number of hydrogen-bond acceptors (Lipinski definition) is 3. The highest BCUT2D eigenvalue weighted by atomic mass is 16.6. The van der Waals surface area contributed by atoms with E-state index >= 15 is 0 Å². The van der Waals surface area contributed by atoms with Crippen LogP contribution in [0.3, 0.4) is 0 Å². The van der Waals surface area contributed by atoms with Crippen LogP contribution in [0.15, 0.2) is 42.5 Å². The van der Waals surface area contributed by atoms with Crippen molar-refractivity contribution in [2.24, 2.45) is 17.8 Å². The predicted molar refractivity (Wildman–Crippen MR) is 114 cm³/mol. The average molecular weight is 383 g/mol. The van der Waals surface area contributed by atoms with Gasteiger partial charge in [0.05, 0.1) is 12.2 Å². The largest absolute Gasteiger partial charge is 0.461 e. The summed E-state index contributed by atoms with van der Waals surface area (Å²) >= 11 is 0. The average Bonchev–Trinajstić information content (AvgIpc) is 2.65. The van der Waals surface area contributed by atoms with Crippen LogP contribution >= 0.6 is 0 Å². The van der Waals surface area contributed by atoms with Crippen LogP contribution in [0.4, 0.5) is 0 Å². The van der Waals surface area contributed by atoms with Crippen molar-refractivity contribution in [3.8, 4) is 0 Å². The number of ether oxygens (including phenoxy) is 2. The van der Waals surface area contributed by atoms with Crippen molar-refractivity contribution < 1.29 is 14.3 Å². The van der Waals surface area contributed by atoms with Gasteiger partial charge in [-0.1, -0.05) is 63.6 Å². The number of fused-ring (bicyclic) bond motifs is 1. The Labute approximate surface area is 169 Å². The van der Waals surface area contributed by atoms with Gasteiger partial charge < -0.3 is 9.47 Å². The maximum Gasteiger partial charge on any atom is 0.340 e. The van der Waals surface area contributed by atoms with Crippen molar-refractivity contribution in [2.45, 2.75) is 72.2 Å². The van der Waals surface area contributed by atoms with Crippen molar-refractivity contribution >= 4 is 16.7 Å². The van der Waals surface area contributed by atoms with Gasteiger partial charge in [0.1, 0.15) is 0 Å². The van der Waals surface area contributed by atoms with E-state index in [9.17, 15) is 4.79 Å². The van der Waals surface area contributed by atoms with E-state index in [1.54, 1.807) is 0 Å². The Morgan fingerprint density at radius 1 is 1.00 bits per heavy atom. The number of carbonyl (C=O) groups is 1. The lowest BCUT2D eigenvalue weighted by Gasteiger charge is -2.38. The molecule has 3 heteroatoms. The van der Waals surface area contributed by atoms with E-state index in [0.717, 1.165) is 29.2 Å². The molecular weight excluding hydrogens is 348 g/mol. The number of carbonyl (C=O) groups excluding carboxylic acids is 1. The molecule has 0 saturated heterocycles. The minimum absolute atomic E-state index is 0.0833. The van der Waals surface area contributed by atoms with E-state index in [1.165, 1.54) is 6.42 Å². The molecule has 0 unspecified atom stereocenters. The summed E-state index contributed by atoms with van der Waals surface area (Å²) in [6.07, 6.45) is 2.64. The summed E-state index contributed by atoms with van der Waals surface area (Å²) in [6.45, 7) is 10.6. The van der Waals surface area contributed by atoms with E-state index in [0.29, 0.717) is 17.8 Å². The zero-order chi connectivity index (χ0) is 20.3. The Morgan fingerprint density at radius 3 is 2.39 bits per heavy atom. The molecule has 1 aliphatic carbocycles. The van der Waals surface area contributed by atoms with Gasteiger partial charge in [-0.2, -0.15) is 0 Å². The van der Waals surface area contributed by atoms with Crippen LogP contribution in [0.2, 0.25) is 0 Å². The van der Waals surface area contributed by atoms with Crippen LogP contribution < -0.4 is 0 Å². The van der Waals surface area contributed by atoms with Crippen LogP contribution in [0.5, 0.6) is 0 Å². The fourth-order valence-corrected chi connectivity index (χ4v) is 4.38. The van der Waals surface area contributed by atoms with Crippen molar-refractivity contribution in [2.75, 3.05) is 0 Å². The van der Waals surface area contributed by atoms with E-state index in [-0.39, 0.29) is 18.2 Å². The SMILES string of the molecule is CC(C)OC(=O)[C@@H](O[C@@H]1C[C@H](C)CC[C@H]1C(C)C)c1ccc2ccccc2c1. The normalized spacial score (nSPS) is 23.9. The van der Waals surface area contributed by atoms with Crippen molar-refractivity contribution in [3.63, 3.8) is 0 Å². The maximum atomic E-state index is 13.0. The summed E-state index contributed by atoms with van der Waals surface area (Å²) in [7, 11) is 0. The number of rotatable bonds is 6. The fourth-order valence-electron chi connectivity index (χ4n) is 4.38. The molecule has 0 aliphatic heterocycles. The van der Waals surface area contributed by atoms with E-state index in [1.807, 2.05) is 32.0 Å². The zero-order valence-corrected chi connectivity index (χ0v) is 17.9. The van der Waals surface area contributed by atoms with Crippen LogP contribution in [-0.4, -0.2) is 18.2 Å². The Balaban J connectivity index is 1.92. The Bertz CT molecular complexity index is 795. The molecule has 1 saturated carbocycles. The molecule has 3 nitrogen and oxygen atoms in total. The number of benzene rings is 2. The molecule has 0 aromatic heterocycles. The highest BCUT2D eigenvalue weighted by molar-refractivity contribution is 5.85. The van der Waals surface area contributed by atoms with Crippen LogP contribution in [0.1, 0.15) is 65.5 Å². The molecule has 2 aromatic rings. The second-order valence-electron chi connectivity index (χ2n) is 8.97. The highest BCUT2D eigenvalue weighted by Gasteiger charge is 2.36. The monoisotopic (exact) mass is 382 g/mol. The van der Waals surface area contributed by atoms with E-state index in [2.05, 4.69) is 45.0 Å². The van der Waals surface area contributed by atoms with Crippen molar-refractivity contribution in [1.82, 2.24) is 0 Å². The molecule has 0 N–H and O–H groups in total. The van der Waals surface area contributed by atoms with Crippen LogP contribution in [0.25, 0.3) is 10.8 Å². The predicted octanol–water partition coefficient (Wildman–Crippen LogP) is 6.31. The molecule has 2 aromatic carbocycles. The minimum atomic E-state index is -0.677. The third-order valence-corrected chi connectivity index (χ3v) is 5.91. The third kappa shape index (κ3) is 4.94. The lowest BCUT2D eigenvalue weighted by molar-refractivity contribution is -0.171.